The monoisotopic (exact) mass is 465 g/mol. The number of nitrogens with zero attached hydrogens (tertiary/aromatic N) is 3. The van der Waals surface area contributed by atoms with E-state index in [1.54, 1.807) is 18.1 Å². The molecule has 8 heteroatoms. The Labute approximate surface area is 198 Å². The van der Waals surface area contributed by atoms with Crippen LogP contribution in [0.1, 0.15) is 11.3 Å². The second-order valence-corrected chi connectivity index (χ2v) is 8.48. The van der Waals surface area contributed by atoms with Gasteiger partial charge in [-0.05, 0) is 36.0 Å². The molecule has 2 aliphatic rings. The van der Waals surface area contributed by atoms with E-state index in [9.17, 15) is 4.79 Å². The number of carbonyl (C=O) groups is 1. The molecule has 164 valence electrons. The van der Waals surface area contributed by atoms with E-state index in [2.05, 4.69) is 15.6 Å². The maximum atomic E-state index is 13.3. The first-order valence-electron chi connectivity index (χ1n) is 10.4. The van der Waals surface area contributed by atoms with Crippen LogP contribution in [-0.4, -0.2) is 52.4 Å². The smallest absolute Gasteiger partial charge is 0.268 e. The highest BCUT2D eigenvalue weighted by molar-refractivity contribution is 7.80. The molecule has 0 saturated carbocycles. The van der Waals surface area contributed by atoms with Crippen LogP contribution >= 0.6 is 23.8 Å². The maximum absolute atomic E-state index is 13.3. The average Bonchev–Trinajstić information content (AvgIpc) is 2.91. The number of aromatic nitrogens is 1. The van der Waals surface area contributed by atoms with E-state index in [-0.39, 0.29) is 17.9 Å². The van der Waals surface area contributed by atoms with Crippen LogP contribution in [0.2, 0.25) is 0 Å². The molecule has 2 N–H and O–H groups in total. The van der Waals surface area contributed by atoms with Gasteiger partial charge >= 0.3 is 0 Å². The van der Waals surface area contributed by atoms with E-state index in [0.29, 0.717) is 16.7 Å². The predicted octanol–water partition coefficient (Wildman–Crippen LogP) is 3.05. The van der Waals surface area contributed by atoms with Crippen LogP contribution < -0.4 is 10.6 Å². The molecule has 0 spiro atoms. The molecule has 1 aromatic heterocycles. The Hall–Kier alpha value is -3.03. The van der Waals surface area contributed by atoms with Gasteiger partial charge < -0.3 is 15.5 Å². The van der Waals surface area contributed by atoms with Crippen molar-refractivity contribution < 1.29 is 4.79 Å². The van der Waals surface area contributed by atoms with Gasteiger partial charge in [-0.3, -0.25) is 14.8 Å². The van der Waals surface area contributed by atoms with Crippen molar-refractivity contribution in [2.75, 3.05) is 13.6 Å². The van der Waals surface area contributed by atoms with Gasteiger partial charge in [0.2, 0.25) is 6.17 Å². The zero-order valence-corrected chi connectivity index (χ0v) is 19.2. The van der Waals surface area contributed by atoms with E-state index in [0.717, 1.165) is 23.4 Å². The average molecular weight is 466 g/mol. The lowest BCUT2D eigenvalue weighted by Gasteiger charge is -2.31. The first kappa shape index (κ1) is 22.2. The van der Waals surface area contributed by atoms with Crippen molar-refractivity contribution in [1.82, 2.24) is 20.5 Å². The van der Waals surface area contributed by atoms with Gasteiger partial charge in [0.1, 0.15) is 0 Å². The molecule has 3 atom stereocenters. The summed E-state index contributed by atoms with van der Waals surface area (Å²) in [5.74, 6) is -0.308. The van der Waals surface area contributed by atoms with Crippen molar-refractivity contribution in [3.8, 4) is 0 Å². The summed E-state index contributed by atoms with van der Waals surface area (Å²) >= 11 is 11.8. The van der Waals surface area contributed by atoms with Crippen LogP contribution in [0, 0.1) is 5.92 Å². The fourth-order valence-electron chi connectivity index (χ4n) is 3.86. The van der Waals surface area contributed by atoms with E-state index in [4.69, 9.17) is 28.8 Å². The molecule has 2 heterocycles. The Kier molecular flexibility index (Phi) is 6.97. The number of allylic oxidation sites excluding steroid dienone is 2. The molecule has 2 aromatic rings. The second-order valence-electron chi connectivity index (χ2n) is 7.63. The number of halogens is 1. The number of aliphatic imine (C=N–C) groups is 1. The van der Waals surface area contributed by atoms with Gasteiger partial charge in [-0.15, -0.1) is 0 Å². The molecular weight excluding hydrogens is 442 g/mol. The van der Waals surface area contributed by atoms with E-state index in [1.807, 2.05) is 66.8 Å². The van der Waals surface area contributed by atoms with Crippen LogP contribution in [0.4, 0.5) is 0 Å². The summed E-state index contributed by atoms with van der Waals surface area (Å²) in [5.41, 5.74) is 2.71. The van der Waals surface area contributed by atoms with Gasteiger partial charge in [0.05, 0.1) is 11.8 Å². The molecule has 4 rings (SSSR count). The highest BCUT2D eigenvalue weighted by Gasteiger charge is 2.38. The van der Waals surface area contributed by atoms with Gasteiger partial charge in [-0.1, -0.05) is 60.2 Å². The van der Waals surface area contributed by atoms with Crippen LogP contribution in [0.3, 0.4) is 0 Å². The first-order valence-corrected chi connectivity index (χ1v) is 11.2. The highest BCUT2D eigenvalue weighted by Crippen LogP contribution is 2.30. The van der Waals surface area contributed by atoms with Gasteiger partial charge in [-0.25, -0.2) is 0 Å². The molecule has 0 radical (unpaired) electrons. The summed E-state index contributed by atoms with van der Waals surface area (Å²) in [5, 5.41) is 7.25. The quantitative estimate of drug-likeness (QED) is 0.664. The van der Waals surface area contributed by atoms with Gasteiger partial charge in [0.15, 0.2) is 5.11 Å². The fourth-order valence-corrected chi connectivity index (χ4v) is 4.28. The Morgan fingerprint density at radius 2 is 1.97 bits per heavy atom. The van der Waals surface area contributed by atoms with Crippen molar-refractivity contribution >= 4 is 40.6 Å². The number of hydrogen-bond acceptors (Lipinski definition) is 4. The summed E-state index contributed by atoms with van der Waals surface area (Å²) in [6.45, 7) is 0.598. The van der Waals surface area contributed by atoms with Crippen molar-refractivity contribution in [2.24, 2.45) is 10.9 Å². The number of likely N-dealkylation sites (N-methyl/N-ethyl adjacent to an activating group) is 1. The van der Waals surface area contributed by atoms with Crippen LogP contribution in [0.5, 0.6) is 0 Å². The molecule has 1 aliphatic heterocycles. The molecule has 1 amide bonds. The lowest BCUT2D eigenvalue weighted by molar-refractivity contribution is -0.132. The Morgan fingerprint density at radius 1 is 1.19 bits per heavy atom. The zero-order valence-electron chi connectivity index (χ0n) is 17.6. The molecule has 0 fully saturated rings. The van der Waals surface area contributed by atoms with Gasteiger partial charge in [0, 0.05) is 42.9 Å². The number of fused-ring (bicyclic) bond motifs is 1. The van der Waals surface area contributed by atoms with Gasteiger partial charge in [0.25, 0.3) is 5.91 Å². The Morgan fingerprint density at radius 3 is 2.72 bits per heavy atom. The number of rotatable bonds is 5. The SMILES string of the molecule is CN1C(=O)C(NC(=S)NCCc2ccccn2)N=C(c2ccccc2)C2C=C(Cl)C=CC21. The minimum atomic E-state index is -0.837. The third-order valence-electron chi connectivity index (χ3n) is 5.50. The minimum Gasteiger partial charge on any atom is -0.362 e. The largest absolute Gasteiger partial charge is 0.362 e. The third-order valence-corrected chi connectivity index (χ3v) is 6.02. The highest BCUT2D eigenvalue weighted by atomic mass is 35.5. The lowest BCUT2D eigenvalue weighted by atomic mass is 9.86. The molecule has 1 aliphatic carbocycles. The Balaban J connectivity index is 1.55. The summed E-state index contributed by atoms with van der Waals surface area (Å²) < 4.78 is 0. The molecule has 1 aromatic carbocycles. The van der Waals surface area contributed by atoms with E-state index in [1.165, 1.54) is 0 Å². The van der Waals surface area contributed by atoms with Crippen LogP contribution in [0.15, 0.2) is 83.0 Å². The number of nitrogens with one attached hydrogen (secondary N) is 2. The lowest BCUT2D eigenvalue weighted by Crippen LogP contribution is -2.51. The van der Waals surface area contributed by atoms with Crippen LogP contribution in [-0.2, 0) is 11.2 Å². The molecule has 32 heavy (non-hydrogen) atoms. The number of hydrogen-bond donors (Lipinski definition) is 2. The second kappa shape index (κ2) is 10.1. The van der Waals surface area contributed by atoms with Crippen molar-refractivity contribution in [3.05, 3.63) is 89.2 Å². The van der Waals surface area contributed by atoms with Crippen molar-refractivity contribution in [1.29, 1.82) is 0 Å². The number of benzene rings is 1. The standard InChI is InChI=1S/C24H24ClN5OS/c1-30-20-11-10-17(25)15-19(20)21(16-7-3-2-4-8-16)28-22(23(30)31)29-24(32)27-14-12-18-9-5-6-13-26-18/h2-11,13,15,19-20,22H,12,14H2,1H3,(H2,27,29,32). The number of carbonyl (C=O) groups excluding carboxylic acids is 1. The van der Waals surface area contributed by atoms with E-state index < -0.39 is 6.17 Å². The number of amides is 1. The van der Waals surface area contributed by atoms with Gasteiger partial charge in [-0.2, -0.15) is 0 Å². The summed E-state index contributed by atoms with van der Waals surface area (Å²) in [4.78, 5) is 24.1. The molecular formula is C24H24ClN5OS. The summed E-state index contributed by atoms with van der Waals surface area (Å²) in [7, 11) is 1.78. The third kappa shape index (κ3) is 5.06. The topological polar surface area (TPSA) is 69.6 Å². The number of pyridine rings is 1. The van der Waals surface area contributed by atoms with E-state index >= 15 is 0 Å². The first-order chi connectivity index (χ1) is 15.5. The number of thiocarbonyl (C=S) groups is 1. The van der Waals surface area contributed by atoms with Crippen molar-refractivity contribution in [3.63, 3.8) is 0 Å². The summed E-state index contributed by atoms with van der Waals surface area (Å²) in [6.07, 6.45) is 7.38. The maximum Gasteiger partial charge on any atom is 0.268 e. The minimum absolute atomic E-state index is 0.152. The zero-order chi connectivity index (χ0) is 22.5. The fraction of sp³-hybridized carbons (Fsp3) is 0.250. The molecule has 3 unspecified atom stereocenters. The molecule has 0 saturated heterocycles. The van der Waals surface area contributed by atoms with Crippen LogP contribution in [0.25, 0.3) is 0 Å². The molecule has 6 nitrogen and oxygen atoms in total. The normalized spacial score (nSPS) is 22.4. The summed E-state index contributed by atoms with van der Waals surface area (Å²) in [6, 6.07) is 15.5. The molecule has 0 bridgehead atoms. The Bertz CT molecular complexity index is 1070. The van der Waals surface area contributed by atoms with Crippen molar-refractivity contribution in [2.45, 2.75) is 18.6 Å². The predicted molar refractivity (Wildman–Crippen MR) is 132 cm³/mol.